The molecule has 3 rings (SSSR count). The number of primary amides is 1. The van der Waals surface area contributed by atoms with Crippen molar-refractivity contribution in [2.24, 2.45) is 11.7 Å². The number of nitrogens with zero attached hydrogens (tertiary/aromatic N) is 4. The fraction of sp³-hybridized carbons (Fsp3) is 0.562. The highest BCUT2D eigenvalue weighted by Crippen LogP contribution is 2.38. The Morgan fingerprint density at radius 2 is 2.12 bits per heavy atom. The maximum Gasteiger partial charge on any atom is 0.251 e. The van der Waals surface area contributed by atoms with Gasteiger partial charge in [0.05, 0.1) is 11.3 Å². The standard InChI is InChI=1S/C16H22N6O2S2/c1-9(2)7-22-16(19-20-21-22)25-8-12(23)18-15-13(14(17)24)10-5-3-4-6-11(10)26-15/h9H,3-8H2,1-2H3,(H2,17,24)(H,18,23). The number of amides is 2. The average molecular weight is 395 g/mol. The van der Waals surface area contributed by atoms with Gasteiger partial charge in [0, 0.05) is 11.4 Å². The van der Waals surface area contributed by atoms with Crippen molar-refractivity contribution >= 4 is 39.9 Å². The second-order valence-electron chi connectivity index (χ2n) is 6.65. The third-order valence-corrected chi connectivity index (χ3v) is 6.20. The van der Waals surface area contributed by atoms with Crippen molar-refractivity contribution in [3.05, 3.63) is 16.0 Å². The Morgan fingerprint density at radius 3 is 2.85 bits per heavy atom. The molecule has 26 heavy (non-hydrogen) atoms. The van der Waals surface area contributed by atoms with E-state index in [4.69, 9.17) is 5.73 Å². The summed E-state index contributed by atoms with van der Waals surface area (Å²) in [6.45, 7) is 4.85. The number of thiophene rings is 1. The van der Waals surface area contributed by atoms with Crippen molar-refractivity contribution in [2.45, 2.75) is 51.2 Å². The Bertz CT molecular complexity index is 814. The maximum absolute atomic E-state index is 12.4. The molecule has 2 heterocycles. The van der Waals surface area contributed by atoms with Crippen LogP contribution in [0.25, 0.3) is 0 Å². The molecule has 0 saturated carbocycles. The summed E-state index contributed by atoms with van der Waals surface area (Å²) >= 11 is 2.74. The molecule has 8 nitrogen and oxygen atoms in total. The summed E-state index contributed by atoms with van der Waals surface area (Å²) < 4.78 is 1.70. The summed E-state index contributed by atoms with van der Waals surface area (Å²) in [6.07, 6.45) is 3.94. The van der Waals surface area contributed by atoms with Crippen LogP contribution in [0.2, 0.25) is 0 Å². The van der Waals surface area contributed by atoms with Crippen LogP contribution < -0.4 is 11.1 Å². The zero-order valence-corrected chi connectivity index (χ0v) is 16.5. The van der Waals surface area contributed by atoms with Crippen molar-refractivity contribution in [2.75, 3.05) is 11.1 Å². The molecular weight excluding hydrogens is 372 g/mol. The quantitative estimate of drug-likeness (QED) is 0.695. The van der Waals surface area contributed by atoms with E-state index in [1.54, 1.807) is 4.68 Å². The summed E-state index contributed by atoms with van der Waals surface area (Å²) in [5, 5.41) is 15.6. The van der Waals surface area contributed by atoms with E-state index in [0.29, 0.717) is 28.2 Å². The van der Waals surface area contributed by atoms with Gasteiger partial charge in [-0.1, -0.05) is 25.6 Å². The van der Waals surface area contributed by atoms with Crippen LogP contribution in [0, 0.1) is 5.92 Å². The lowest BCUT2D eigenvalue weighted by atomic mass is 9.95. The van der Waals surface area contributed by atoms with Crippen LogP contribution in [-0.4, -0.2) is 37.8 Å². The number of fused-ring (bicyclic) bond motifs is 1. The zero-order chi connectivity index (χ0) is 18.7. The molecule has 10 heteroatoms. The van der Waals surface area contributed by atoms with Gasteiger partial charge in [0.2, 0.25) is 11.1 Å². The fourth-order valence-corrected chi connectivity index (χ4v) is 4.97. The van der Waals surface area contributed by atoms with Gasteiger partial charge in [-0.3, -0.25) is 9.59 Å². The number of nitrogens with one attached hydrogen (secondary N) is 1. The van der Waals surface area contributed by atoms with Crippen LogP contribution in [0.5, 0.6) is 0 Å². The number of aromatic nitrogens is 4. The molecule has 0 spiro atoms. The number of aryl methyl sites for hydroxylation is 1. The van der Waals surface area contributed by atoms with Gasteiger partial charge in [-0.2, -0.15) is 0 Å². The molecule has 1 aliphatic carbocycles. The first kappa shape index (κ1) is 18.8. The Labute approximate surface area is 159 Å². The normalized spacial score (nSPS) is 13.7. The van der Waals surface area contributed by atoms with E-state index in [9.17, 15) is 9.59 Å². The molecule has 0 fully saturated rings. The Morgan fingerprint density at radius 1 is 1.35 bits per heavy atom. The van der Waals surface area contributed by atoms with Crippen LogP contribution in [-0.2, 0) is 24.2 Å². The second kappa shape index (κ2) is 8.17. The molecule has 3 N–H and O–H groups in total. The van der Waals surface area contributed by atoms with Crippen LogP contribution in [0.3, 0.4) is 0 Å². The number of thioether (sulfide) groups is 1. The van der Waals surface area contributed by atoms with E-state index in [0.717, 1.165) is 36.1 Å². The highest BCUT2D eigenvalue weighted by molar-refractivity contribution is 7.99. The van der Waals surface area contributed by atoms with Crippen LogP contribution in [0.15, 0.2) is 5.16 Å². The topological polar surface area (TPSA) is 116 Å². The molecule has 2 aromatic heterocycles. The van der Waals surface area contributed by atoms with E-state index in [1.165, 1.54) is 23.1 Å². The van der Waals surface area contributed by atoms with Crippen molar-refractivity contribution in [1.82, 2.24) is 20.2 Å². The highest BCUT2D eigenvalue weighted by Gasteiger charge is 2.25. The van der Waals surface area contributed by atoms with Crippen LogP contribution in [0.4, 0.5) is 5.00 Å². The summed E-state index contributed by atoms with van der Waals surface area (Å²) in [6, 6.07) is 0. The van der Waals surface area contributed by atoms with Crippen molar-refractivity contribution in [3.63, 3.8) is 0 Å². The maximum atomic E-state index is 12.4. The van der Waals surface area contributed by atoms with E-state index in [1.807, 2.05) is 0 Å². The molecule has 2 aromatic rings. The van der Waals surface area contributed by atoms with Crippen LogP contribution in [0.1, 0.15) is 47.5 Å². The lowest BCUT2D eigenvalue weighted by Crippen LogP contribution is -2.19. The van der Waals surface area contributed by atoms with Crippen LogP contribution >= 0.6 is 23.1 Å². The number of anilines is 1. The number of rotatable bonds is 7. The summed E-state index contributed by atoms with van der Waals surface area (Å²) in [5.41, 5.74) is 7.05. The van der Waals surface area contributed by atoms with Gasteiger partial charge in [0.15, 0.2) is 0 Å². The van der Waals surface area contributed by atoms with E-state index >= 15 is 0 Å². The molecule has 1 aliphatic rings. The second-order valence-corrected chi connectivity index (χ2v) is 8.70. The molecule has 140 valence electrons. The Kier molecular flexibility index (Phi) is 5.92. The SMILES string of the molecule is CC(C)Cn1nnnc1SCC(=O)Nc1sc2c(c1C(N)=O)CCCC2. The molecule has 0 aliphatic heterocycles. The molecule has 0 saturated heterocycles. The lowest BCUT2D eigenvalue weighted by molar-refractivity contribution is -0.113. The van der Waals surface area contributed by atoms with Gasteiger partial charge in [-0.05, 0) is 47.6 Å². The number of hydrogen-bond donors (Lipinski definition) is 2. The lowest BCUT2D eigenvalue weighted by Gasteiger charge is -2.11. The molecule has 0 atom stereocenters. The minimum absolute atomic E-state index is 0.166. The largest absolute Gasteiger partial charge is 0.365 e. The Balaban J connectivity index is 1.66. The molecule has 0 bridgehead atoms. The van der Waals surface area contributed by atoms with Gasteiger partial charge in [0.1, 0.15) is 5.00 Å². The average Bonchev–Trinajstić information content (AvgIpc) is 3.15. The first-order valence-corrected chi connectivity index (χ1v) is 10.4. The molecular formula is C16H22N6O2S2. The van der Waals surface area contributed by atoms with Crippen molar-refractivity contribution < 1.29 is 9.59 Å². The van der Waals surface area contributed by atoms with E-state index in [2.05, 4.69) is 34.7 Å². The highest BCUT2D eigenvalue weighted by atomic mass is 32.2. The third-order valence-electron chi connectivity index (χ3n) is 4.04. The van der Waals surface area contributed by atoms with E-state index < -0.39 is 5.91 Å². The first-order valence-electron chi connectivity index (χ1n) is 8.59. The van der Waals surface area contributed by atoms with Gasteiger partial charge in [0.25, 0.3) is 5.91 Å². The van der Waals surface area contributed by atoms with Gasteiger partial charge in [-0.25, -0.2) is 4.68 Å². The summed E-state index contributed by atoms with van der Waals surface area (Å²) in [7, 11) is 0. The first-order chi connectivity index (χ1) is 12.5. The van der Waals surface area contributed by atoms with E-state index in [-0.39, 0.29) is 11.7 Å². The number of hydrogen-bond acceptors (Lipinski definition) is 7. The zero-order valence-electron chi connectivity index (χ0n) is 14.8. The minimum Gasteiger partial charge on any atom is -0.365 e. The fourth-order valence-electron chi connectivity index (χ4n) is 2.97. The summed E-state index contributed by atoms with van der Waals surface area (Å²) in [4.78, 5) is 25.4. The Hall–Kier alpha value is -1.94. The third kappa shape index (κ3) is 4.24. The van der Waals surface area contributed by atoms with Crippen molar-refractivity contribution in [3.8, 4) is 0 Å². The van der Waals surface area contributed by atoms with Crippen molar-refractivity contribution in [1.29, 1.82) is 0 Å². The number of tetrazole rings is 1. The molecule has 0 unspecified atom stereocenters. The summed E-state index contributed by atoms with van der Waals surface area (Å²) in [5.74, 6) is -0.107. The number of carbonyl (C=O) groups is 2. The number of carbonyl (C=O) groups excluding carboxylic acids is 2. The molecule has 0 aromatic carbocycles. The number of nitrogens with two attached hydrogens (primary N) is 1. The predicted molar refractivity (Wildman–Crippen MR) is 101 cm³/mol. The molecule has 2 amide bonds. The monoisotopic (exact) mass is 394 g/mol. The van der Waals surface area contributed by atoms with Gasteiger partial charge < -0.3 is 11.1 Å². The predicted octanol–water partition coefficient (Wildman–Crippen LogP) is 2.10. The van der Waals surface area contributed by atoms with Gasteiger partial charge >= 0.3 is 0 Å². The van der Waals surface area contributed by atoms with Gasteiger partial charge in [-0.15, -0.1) is 16.4 Å². The molecule has 0 radical (unpaired) electrons. The smallest absolute Gasteiger partial charge is 0.251 e. The minimum atomic E-state index is -0.478.